The SMILES string of the molecule is Nc1nc2c(c(C(=O)N[C@@H](c3cccs3)C3CC(O)C3)n1)CCCC2. The van der Waals surface area contributed by atoms with Crippen LogP contribution >= 0.6 is 11.3 Å². The van der Waals surface area contributed by atoms with Gasteiger partial charge in [0.1, 0.15) is 5.69 Å². The van der Waals surface area contributed by atoms with Gasteiger partial charge in [-0.2, -0.15) is 0 Å². The number of nitrogens with one attached hydrogen (secondary N) is 1. The number of aromatic nitrogens is 2. The average Bonchev–Trinajstić information content (AvgIpc) is 3.10. The normalized spacial score (nSPS) is 23.4. The smallest absolute Gasteiger partial charge is 0.270 e. The number of hydrogen-bond acceptors (Lipinski definition) is 6. The van der Waals surface area contributed by atoms with Crippen molar-refractivity contribution in [2.75, 3.05) is 5.73 Å². The maximum absolute atomic E-state index is 13.0. The van der Waals surface area contributed by atoms with Gasteiger partial charge in [0.05, 0.1) is 12.1 Å². The van der Waals surface area contributed by atoms with Crippen LogP contribution in [0.3, 0.4) is 0 Å². The number of aryl methyl sites for hydroxylation is 1. The van der Waals surface area contributed by atoms with Gasteiger partial charge < -0.3 is 16.2 Å². The summed E-state index contributed by atoms with van der Waals surface area (Å²) in [6, 6.07) is 3.93. The number of anilines is 1. The Balaban J connectivity index is 1.61. The molecule has 7 heteroatoms. The minimum absolute atomic E-state index is 0.0914. The lowest BCUT2D eigenvalue weighted by atomic mass is 9.76. The first kappa shape index (κ1) is 16.5. The molecule has 6 nitrogen and oxygen atoms in total. The van der Waals surface area contributed by atoms with Gasteiger partial charge in [0.2, 0.25) is 5.95 Å². The summed E-state index contributed by atoms with van der Waals surface area (Å²) >= 11 is 1.63. The summed E-state index contributed by atoms with van der Waals surface area (Å²) < 4.78 is 0. The number of rotatable bonds is 4. The second kappa shape index (κ2) is 6.72. The zero-order valence-corrected chi connectivity index (χ0v) is 14.8. The highest BCUT2D eigenvalue weighted by Crippen LogP contribution is 2.39. The zero-order chi connectivity index (χ0) is 17.4. The third-order valence-electron chi connectivity index (χ3n) is 5.17. The molecule has 1 atom stereocenters. The molecule has 4 N–H and O–H groups in total. The molecule has 0 radical (unpaired) electrons. The van der Waals surface area contributed by atoms with Gasteiger partial charge in [-0.15, -0.1) is 11.3 Å². The third-order valence-corrected chi connectivity index (χ3v) is 6.13. The fourth-order valence-electron chi connectivity index (χ4n) is 3.80. The Kier molecular flexibility index (Phi) is 4.43. The Labute approximate surface area is 150 Å². The highest BCUT2D eigenvalue weighted by Gasteiger charge is 2.37. The van der Waals surface area contributed by atoms with E-state index in [-0.39, 0.29) is 29.9 Å². The number of carbonyl (C=O) groups is 1. The number of amides is 1. The Bertz CT molecular complexity index is 772. The molecule has 0 unspecified atom stereocenters. The molecule has 0 bridgehead atoms. The van der Waals surface area contributed by atoms with Crippen molar-refractivity contribution in [3.63, 3.8) is 0 Å². The number of aliphatic hydroxyl groups is 1. The molecule has 2 aromatic heterocycles. The van der Waals surface area contributed by atoms with Crippen LogP contribution in [0.2, 0.25) is 0 Å². The van der Waals surface area contributed by atoms with E-state index < -0.39 is 0 Å². The molecule has 0 aliphatic heterocycles. The zero-order valence-electron chi connectivity index (χ0n) is 13.9. The summed E-state index contributed by atoms with van der Waals surface area (Å²) in [5.74, 6) is 0.234. The molecule has 1 saturated carbocycles. The molecule has 0 aromatic carbocycles. The summed E-state index contributed by atoms with van der Waals surface area (Å²) in [7, 11) is 0. The van der Waals surface area contributed by atoms with Gasteiger partial charge in [-0.05, 0) is 55.9 Å². The van der Waals surface area contributed by atoms with Crippen molar-refractivity contribution >= 4 is 23.2 Å². The summed E-state index contributed by atoms with van der Waals surface area (Å²) in [4.78, 5) is 22.7. The van der Waals surface area contributed by atoms with Gasteiger partial charge in [-0.3, -0.25) is 4.79 Å². The lowest BCUT2D eigenvalue weighted by molar-refractivity contribution is 0.0240. The second-order valence-electron chi connectivity index (χ2n) is 6.91. The minimum Gasteiger partial charge on any atom is -0.393 e. The van der Waals surface area contributed by atoms with E-state index in [0.717, 1.165) is 41.8 Å². The van der Waals surface area contributed by atoms with Crippen molar-refractivity contribution in [2.45, 2.75) is 50.7 Å². The number of hydrogen-bond donors (Lipinski definition) is 3. The molecular formula is C18H22N4O2S. The third kappa shape index (κ3) is 3.26. The summed E-state index contributed by atoms with van der Waals surface area (Å²) in [5.41, 5.74) is 8.10. The van der Waals surface area contributed by atoms with Crippen molar-refractivity contribution in [3.8, 4) is 0 Å². The summed E-state index contributed by atoms with van der Waals surface area (Å²) in [6.45, 7) is 0. The van der Waals surface area contributed by atoms with Crippen LogP contribution in [0, 0.1) is 5.92 Å². The number of fused-ring (bicyclic) bond motifs is 1. The van der Waals surface area contributed by atoms with E-state index in [4.69, 9.17) is 5.73 Å². The van der Waals surface area contributed by atoms with Gasteiger partial charge >= 0.3 is 0 Å². The van der Waals surface area contributed by atoms with Crippen molar-refractivity contribution in [1.29, 1.82) is 0 Å². The molecule has 132 valence electrons. The maximum atomic E-state index is 13.0. The van der Waals surface area contributed by atoms with Gasteiger partial charge in [0.15, 0.2) is 0 Å². The standard InChI is InChI=1S/C18H22N4O2S/c19-18-20-13-5-2-1-4-12(13)16(22-18)17(24)21-15(10-8-11(23)9-10)14-6-3-7-25-14/h3,6-7,10-11,15,23H,1-2,4-5,8-9H2,(H,21,24)(H2,19,20,22)/t10?,11?,15-/m1/s1. The molecule has 2 heterocycles. The molecule has 2 aliphatic carbocycles. The number of thiophene rings is 1. The van der Waals surface area contributed by atoms with Crippen LogP contribution in [0.4, 0.5) is 5.95 Å². The first-order valence-corrected chi connectivity index (χ1v) is 9.67. The predicted molar refractivity (Wildman–Crippen MR) is 96.3 cm³/mol. The van der Waals surface area contributed by atoms with E-state index in [1.807, 2.05) is 17.5 Å². The maximum Gasteiger partial charge on any atom is 0.270 e. The fourth-order valence-corrected chi connectivity index (χ4v) is 4.67. The van der Waals surface area contributed by atoms with Crippen molar-refractivity contribution in [1.82, 2.24) is 15.3 Å². The largest absolute Gasteiger partial charge is 0.393 e. The quantitative estimate of drug-likeness (QED) is 0.778. The van der Waals surface area contributed by atoms with Crippen LogP contribution < -0.4 is 11.1 Å². The van der Waals surface area contributed by atoms with E-state index in [2.05, 4.69) is 15.3 Å². The van der Waals surface area contributed by atoms with Crippen LogP contribution in [0.25, 0.3) is 0 Å². The van der Waals surface area contributed by atoms with E-state index >= 15 is 0 Å². The molecule has 4 rings (SSSR count). The highest BCUT2D eigenvalue weighted by molar-refractivity contribution is 7.10. The van der Waals surface area contributed by atoms with Gasteiger partial charge in [0.25, 0.3) is 5.91 Å². The van der Waals surface area contributed by atoms with E-state index in [0.29, 0.717) is 18.5 Å². The van der Waals surface area contributed by atoms with Crippen LogP contribution in [0.15, 0.2) is 17.5 Å². The number of nitrogens with two attached hydrogens (primary N) is 1. The number of nitrogens with zero attached hydrogens (tertiary/aromatic N) is 2. The van der Waals surface area contributed by atoms with Crippen LogP contribution in [0.5, 0.6) is 0 Å². The van der Waals surface area contributed by atoms with Crippen molar-refractivity contribution in [2.24, 2.45) is 5.92 Å². The lowest BCUT2D eigenvalue weighted by Gasteiger charge is -2.37. The van der Waals surface area contributed by atoms with Gasteiger partial charge in [-0.25, -0.2) is 9.97 Å². The Morgan fingerprint density at radius 3 is 2.84 bits per heavy atom. The minimum atomic E-state index is -0.258. The Morgan fingerprint density at radius 2 is 2.12 bits per heavy atom. The molecule has 2 aromatic rings. The molecule has 0 saturated heterocycles. The molecule has 1 amide bonds. The second-order valence-corrected chi connectivity index (χ2v) is 7.89. The van der Waals surface area contributed by atoms with Gasteiger partial charge in [0, 0.05) is 16.1 Å². The molecular weight excluding hydrogens is 336 g/mol. The number of carbonyl (C=O) groups excluding carboxylic acids is 1. The molecule has 2 aliphatic rings. The fraction of sp³-hybridized carbons (Fsp3) is 0.500. The Morgan fingerprint density at radius 1 is 1.32 bits per heavy atom. The van der Waals surface area contributed by atoms with Crippen LogP contribution in [-0.4, -0.2) is 27.1 Å². The summed E-state index contributed by atoms with van der Waals surface area (Å²) in [5, 5.41) is 14.8. The van der Waals surface area contributed by atoms with Gasteiger partial charge in [-0.1, -0.05) is 6.07 Å². The summed E-state index contributed by atoms with van der Waals surface area (Å²) in [6.07, 6.45) is 4.97. The van der Waals surface area contributed by atoms with E-state index in [1.54, 1.807) is 11.3 Å². The van der Waals surface area contributed by atoms with E-state index in [1.165, 1.54) is 0 Å². The van der Waals surface area contributed by atoms with Crippen LogP contribution in [-0.2, 0) is 12.8 Å². The van der Waals surface area contributed by atoms with E-state index in [9.17, 15) is 9.90 Å². The first-order valence-electron chi connectivity index (χ1n) is 8.79. The van der Waals surface area contributed by atoms with Crippen molar-refractivity contribution in [3.05, 3.63) is 39.3 Å². The van der Waals surface area contributed by atoms with Crippen molar-refractivity contribution < 1.29 is 9.90 Å². The number of aliphatic hydroxyl groups excluding tert-OH is 1. The molecule has 0 spiro atoms. The predicted octanol–water partition coefficient (Wildman–Crippen LogP) is 2.24. The monoisotopic (exact) mass is 358 g/mol. The highest BCUT2D eigenvalue weighted by atomic mass is 32.1. The first-order chi connectivity index (χ1) is 12.1. The average molecular weight is 358 g/mol. The Hall–Kier alpha value is -1.99. The lowest BCUT2D eigenvalue weighted by Crippen LogP contribution is -2.41. The molecule has 25 heavy (non-hydrogen) atoms. The number of nitrogen functional groups attached to an aromatic ring is 1. The van der Waals surface area contributed by atoms with Crippen LogP contribution in [0.1, 0.15) is 58.3 Å². The molecule has 1 fully saturated rings. The topological polar surface area (TPSA) is 101 Å².